The molecule has 0 bridgehead atoms. The summed E-state index contributed by atoms with van der Waals surface area (Å²) >= 11 is 0. The standard InChI is InChI=1S/C21H25N3O3/c1-3-16-6-4-5-7-19(16)23-12-14-24(15-13-23)21(26)22-18-10-8-17(9-11-18)20(25)27-2/h4-11H,3,12-15H2,1-2H3,(H,22,26). The first-order valence-corrected chi connectivity index (χ1v) is 9.19. The highest BCUT2D eigenvalue weighted by Crippen LogP contribution is 2.22. The number of nitrogens with zero attached hydrogens (tertiary/aromatic N) is 2. The summed E-state index contributed by atoms with van der Waals surface area (Å²) in [4.78, 5) is 28.1. The molecule has 0 radical (unpaired) electrons. The molecule has 27 heavy (non-hydrogen) atoms. The largest absolute Gasteiger partial charge is 0.465 e. The molecule has 1 saturated heterocycles. The number of benzene rings is 2. The van der Waals surface area contributed by atoms with Gasteiger partial charge in [-0.2, -0.15) is 0 Å². The summed E-state index contributed by atoms with van der Waals surface area (Å²) < 4.78 is 4.68. The van der Waals surface area contributed by atoms with E-state index in [2.05, 4.69) is 46.1 Å². The van der Waals surface area contributed by atoms with E-state index in [1.807, 2.05) is 4.90 Å². The smallest absolute Gasteiger partial charge is 0.337 e. The fourth-order valence-electron chi connectivity index (χ4n) is 3.28. The second-order valence-corrected chi connectivity index (χ2v) is 6.46. The van der Waals surface area contributed by atoms with Crippen molar-refractivity contribution in [2.24, 2.45) is 0 Å². The van der Waals surface area contributed by atoms with Crippen molar-refractivity contribution in [1.29, 1.82) is 0 Å². The predicted octanol–water partition coefficient (Wildman–Crippen LogP) is 3.39. The maximum Gasteiger partial charge on any atom is 0.337 e. The van der Waals surface area contributed by atoms with Gasteiger partial charge in [-0.1, -0.05) is 25.1 Å². The third-order valence-electron chi connectivity index (χ3n) is 4.84. The average Bonchev–Trinajstić information content (AvgIpc) is 2.73. The first kappa shape index (κ1) is 18.8. The second-order valence-electron chi connectivity index (χ2n) is 6.46. The fourth-order valence-corrected chi connectivity index (χ4v) is 3.28. The number of hydrogen-bond acceptors (Lipinski definition) is 4. The van der Waals surface area contributed by atoms with Crippen LogP contribution in [0.3, 0.4) is 0 Å². The Morgan fingerprint density at radius 2 is 1.67 bits per heavy atom. The number of hydrogen-bond donors (Lipinski definition) is 1. The van der Waals surface area contributed by atoms with Crippen molar-refractivity contribution in [2.45, 2.75) is 13.3 Å². The Labute approximate surface area is 159 Å². The number of nitrogens with one attached hydrogen (secondary N) is 1. The highest BCUT2D eigenvalue weighted by Gasteiger charge is 2.22. The van der Waals surface area contributed by atoms with Crippen LogP contribution < -0.4 is 10.2 Å². The predicted molar refractivity (Wildman–Crippen MR) is 106 cm³/mol. The minimum Gasteiger partial charge on any atom is -0.465 e. The summed E-state index contributed by atoms with van der Waals surface area (Å²) in [5.74, 6) is -0.392. The lowest BCUT2D eigenvalue weighted by Gasteiger charge is -2.37. The van der Waals surface area contributed by atoms with Gasteiger partial charge in [0.25, 0.3) is 0 Å². The molecule has 0 spiro atoms. The van der Waals surface area contributed by atoms with E-state index in [1.165, 1.54) is 18.4 Å². The van der Waals surface area contributed by atoms with Crippen molar-refractivity contribution in [1.82, 2.24) is 4.90 Å². The number of anilines is 2. The van der Waals surface area contributed by atoms with Gasteiger partial charge in [0.05, 0.1) is 12.7 Å². The van der Waals surface area contributed by atoms with Crippen LogP contribution in [0.2, 0.25) is 0 Å². The molecular formula is C21H25N3O3. The molecule has 0 aliphatic carbocycles. The number of methoxy groups -OCH3 is 1. The van der Waals surface area contributed by atoms with E-state index >= 15 is 0 Å². The summed E-state index contributed by atoms with van der Waals surface area (Å²) in [6, 6.07) is 15.0. The first-order chi connectivity index (χ1) is 13.1. The number of piperazine rings is 1. The summed E-state index contributed by atoms with van der Waals surface area (Å²) in [5, 5.41) is 2.89. The molecule has 6 heteroatoms. The average molecular weight is 367 g/mol. The molecule has 142 valence electrons. The Bertz CT molecular complexity index is 797. The van der Waals surface area contributed by atoms with Gasteiger partial charge in [-0.15, -0.1) is 0 Å². The quantitative estimate of drug-likeness (QED) is 0.842. The van der Waals surface area contributed by atoms with Crippen LogP contribution in [0.15, 0.2) is 48.5 Å². The summed E-state index contributed by atoms with van der Waals surface area (Å²) in [5.41, 5.74) is 3.71. The molecule has 2 amide bonds. The second kappa shape index (κ2) is 8.58. The van der Waals surface area contributed by atoms with Gasteiger partial charge in [-0.3, -0.25) is 0 Å². The van der Waals surface area contributed by atoms with Crippen LogP contribution in [-0.2, 0) is 11.2 Å². The highest BCUT2D eigenvalue weighted by molar-refractivity contribution is 5.92. The van der Waals surface area contributed by atoms with Crippen LogP contribution >= 0.6 is 0 Å². The van der Waals surface area contributed by atoms with E-state index in [-0.39, 0.29) is 6.03 Å². The van der Waals surface area contributed by atoms with E-state index in [0.29, 0.717) is 24.3 Å². The van der Waals surface area contributed by atoms with Gasteiger partial charge in [0.2, 0.25) is 0 Å². The number of ether oxygens (including phenoxy) is 1. The maximum atomic E-state index is 12.5. The van der Waals surface area contributed by atoms with Crippen LogP contribution in [0.5, 0.6) is 0 Å². The number of amides is 2. The number of aryl methyl sites for hydroxylation is 1. The zero-order valence-corrected chi connectivity index (χ0v) is 15.8. The lowest BCUT2D eigenvalue weighted by Crippen LogP contribution is -2.50. The van der Waals surface area contributed by atoms with Gasteiger partial charge in [0, 0.05) is 37.6 Å². The zero-order valence-electron chi connectivity index (χ0n) is 15.8. The monoisotopic (exact) mass is 367 g/mol. The van der Waals surface area contributed by atoms with Crippen molar-refractivity contribution >= 4 is 23.4 Å². The Kier molecular flexibility index (Phi) is 5.96. The van der Waals surface area contributed by atoms with Crippen molar-refractivity contribution in [3.8, 4) is 0 Å². The molecule has 1 heterocycles. The van der Waals surface area contributed by atoms with Crippen molar-refractivity contribution in [2.75, 3.05) is 43.5 Å². The molecule has 2 aromatic carbocycles. The molecule has 1 fully saturated rings. The molecule has 1 aliphatic rings. The molecule has 0 aromatic heterocycles. The first-order valence-electron chi connectivity index (χ1n) is 9.19. The Balaban J connectivity index is 1.56. The number of carbonyl (C=O) groups excluding carboxylic acids is 2. The van der Waals surface area contributed by atoms with E-state index < -0.39 is 5.97 Å². The molecular weight excluding hydrogens is 342 g/mol. The molecule has 1 N–H and O–H groups in total. The van der Waals surface area contributed by atoms with Gasteiger partial charge in [-0.25, -0.2) is 9.59 Å². The Morgan fingerprint density at radius 1 is 1.00 bits per heavy atom. The van der Waals surface area contributed by atoms with Crippen LogP contribution in [-0.4, -0.2) is 50.2 Å². The van der Waals surface area contributed by atoms with Crippen LogP contribution in [0.1, 0.15) is 22.8 Å². The Hall–Kier alpha value is -3.02. The van der Waals surface area contributed by atoms with E-state index in [1.54, 1.807) is 24.3 Å². The SMILES string of the molecule is CCc1ccccc1N1CCN(C(=O)Nc2ccc(C(=O)OC)cc2)CC1. The summed E-state index contributed by atoms with van der Waals surface area (Å²) in [6.07, 6.45) is 0.998. The molecule has 0 atom stereocenters. The van der Waals surface area contributed by atoms with Crippen LogP contribution in [0.25, 0.3) is 0 Å². The van der Waals surface area contributed by atoms with Crippen LogP contribution in [0, 0.1) is 0 Å². The van der Waals surface area contributed by atoms with Gasteiger partial charge >= 0.3 is 12.0 Å². The Morgan fingerprint density at radius 3 is 2.30 bits per heavy atom. The molecule has 1 aliphatic heterocycles. The van der Waals surface area contributed by atoms with Crippen molar-refractivity contribution < 1.29 is 14.3 Å². The van der Waals surface area contributed by atoms with Gasteiger partial charge in [-0.05, 0) is 42.3 Å². The lowest BCUT2D eigenvalue weighted by molar-refractivity contribution is 0.0600. The van der Waals surface area contributed by atoms with Gasteiger partial charge in [0.15, 0.2) is 0 Å². The zero-order chi connectivity index (χ0) is 19.2. The number of urea groups is 1. The number of esters is 1. The maximum absolute atomic E-state index is 12.5. The van der Waals surface area contributed by atoms with Crippen molar-refractivity contribution in [3.05, 3.63) is 59.7 Å². The summed E-state index contributed by atoms with van der Waals surface area (Å²) in [7, 11) is 1.34. The minimum absolute atomic E-state index is 0.121. The molecule has 6 nitrogen and oxygen atoms in total. The molecule has 2 aromatic rings. The molecule has 0 unspecified atom stereocenters. The normalized spacial score (nSPS) is 14.0. The third kappa shape index (κ3) is 4.39. The van der Waals surface area contributed by atoms with Crippen molar-refractivity contribution in [3.63, 3.8) is 0 Å². The van der Waals surface area contributed by atoms with E-state index in [0.717, 1.165) is 19.5 Å². The van der Waals surface area contributed by atoms with Gasteiger partial charge < -0.3 is 19.9 Å². The lowest BCUT2D eigenvalue weighted by atomic mass is 10.1. The molecule has 0 saturated carbocycles. The summed E-state index contributed by atoms with van der Waals surface area (Å²) in [6.45, 7) is 5.12. The minimum atomic E-state index is -0.392. The third-order valence-corrected chi connectivity index (χ3v) is 4.84. The number of carbonyl (C=O) groups is 2. The van der Waals surface area contributed by atoms with E-state index in [4.69, 9.17) is 0 Å². The van der Waals surface area contributed by atoms with Gasteiger partial charge in [0.1, 0.15) is 0 Å². The van der Waals surface area contributed by atoms with E-state index in [9.17, 15) is 9.59 Å². The highest BCUT2D eigenvalue weighted by atomic mass is 16.5. The number of para-hydroxylation sites is 1. The fraction of sp³-hybridized carbons (Fsp3) is 0.333. The number of rotatable bonds is 4. The molecule has 3 rings (SSSR count). The topological polar surface area (TPSA) is 61.9 Å². The van der Waals surface area contributed by atoms with Crippen LogP contribution in [0.4, 0.5) is 16.2 Å².